The van der Waals surface area contributed by atoms with Gasteiger partial charge in [0.2, 0.25) is 0 Å². The van der Waals surface area contributed by atoms with Crippen molar-refractivity contribution < 1.29 is 14.7 Å². The van der Waals surface area contributed by atoms with Gasteiger partial charge in [0.25, 0.3) is 0 Å². The summed E-state index contributed by atoms with van der Waals surface area (Å²) in [6.07, 6.45) is 1.16. The van der Waals surface area contributed by atoms with Gasteiger partial charge >= 0.3 is 0 Å². The molecule has 1 N–H and O–H groups in total. The Balaban J connectivity index is 3.66. The van der Waals surface area contributed by atoms with Crippen molar-refractivity contribution in [2.45, 2.75) is 33.1 Å². The van der Waals surface area contributed by atoms with Gasteiger partial charge in [0.1, 0.15) is 5.75 Å². The lowest BCUT2D eigenvalue weighted by Gasteiger charge is -2.23. The first-order valence-electron chi connectivity index (χ1n) is 5.10. The highest BCUT2D eigenvalue weighted by Gasteiger charge is 2.22. The predicted molar refractivity (Wildman–Crippen MR) is 62.3 cm³/mol. The van der Waals surface area contributed by atoms with E-state index in [1.165, 1.54) is 0 Å². The van der Waals surface area contributed by atoms with Gasteiger partial charge in [-0.3, -0.25) is 9.59 Å². The highest BCUT2D eigenvalue weighted by Crippen LogP contribution is 2.33. The van der Waals surface area contributed by atoms with Gasteiger partial charge in [0.15, 0.2) is 12.6 Å². The standard InChI is InChI=1S/C13H16O3/c1-8-10(7-15)12(16)9(6-14)5-11(8)13(2,3)4/h5-7,16H,1-4H3. The third kappa shape index (κ3) is 1.98. The van der Waals surface area contributed by atoms with Crippen LogP contribution >= 0.6 is 0 Å². The molecule has 3 nitrogen and oxygen atoms in total. The molecule has 1 aromatic carbocycles. The number of benzene rings is 1. The van der Waals surface area contributed by atoms with Crippen LogP contribution in [-0.4, -0.2) is 17.7 Å². The fourth-order valence-electron chi connectivity index (χ4n) is 1.82. The molecule has 0 atom stereocenters. The maximum absolute atomic E-state index is 10.9. The van der Waals surface area contributed by atoms with Crippen molar-refractivity contribution in [2.75, 3.05) is 0 Å². The number of phenolic OH excluding ortho intramolecular Hbond substituents is 1. The van der Waals surface area contributed by atoms with Crippen LogP contribution in [0.5, 0.6) is 5.75 Å². The van der Waals surface area contributed by atoms with Crippen molar-refractivity contribution in [3.05, 3.63) is 28.3 Å². The Hall–Kier alpha value is -1.64. The van der Waals surface area contributed by atoms with Gasteiger partial charge in [-0.15, -0.1) is 0 Å². The number of aldehydes is 2. The molecular weight excluding hydrogens is 204 g/mol. The number of carbonyl (C=O) groups excluding carboxylic acids is 2. The van der Waals surface area contributed by atoms with Crippen molar-refractivity contribution in [3.63, 3.8) is 0 Å². The molecular formula is C13H16O3. The van der Waals surface area contributed by atoms with E-state index in [1.54, 1.807) is 13.0 Å². The van der Waals surface area contributed by atoms with E-state index in [0.29, 0.717) is 12.6 Å². The summed E-state index contributed by atoms with van der Waals surface area (Å²) in [5, 5.41) is 9.70. The molecule has 0 saturated carbocycles. The van der Waals surface area contributed by atoms with Crippen LogP contribution in [0.2, 0.25) is 0 Å². The van der Waals surface area contributed by atoms with Gasteiger partial charge in [0, 0.05) is 0 Å². The molecule has 0 aliphatic rings. The first kappa shape index (κ1) is 12.4. The maximum atomic E-state index is 10.9. The molecule has 0 bridgehead atoms. The molecule has 0 saturated heterocycles. The summed E-state index contributed by atoms with van der Waals surface area (Å²) in [5.41, 5.74) is 1.82. The monoisotopic (exact) mass is 220 g/mol. The lowest BCUT2D eigenvalue weighted by molar-refractivity contribution is 0.111. The second-order valence-corrected chi connectivity index (χ2v) is 4.89. The Kier molecular flexibility index (Phi) is 3.17. The quantitative estimate of drug-likeness (QED) is 0.779. The molecule has 0 aliphatic heterocycles. The van der Waals surface area contributed by atoms with Crippen LogP contribution in [0.4, 0.5) is 0 Å². The van der Waals surface area contributed by atoms with Crippen molar-refractivity contribution in [1.29, 1.82) is 0 Å². The van der Waals surface area contributed by atoms with Crippen LogP contribution < -0.4 is 0 Å². The van der Waals surface area contributed by atoms with Crippen LogP contribution in [0.15, 0.2) is 6.07 Å². The fourth-order valence-corrected chi connectivity index (χ4v) is 1.82. The first-order valence-corrected chi connectivity index (χ1v) is 5.10. The van der Waals surface area contributed by atoms with Crippen LogP contribution in [0.25, 0.3) is 0 Å². The van der Waals surface area contributed by atoms with Gasteiger partial charge < -0.3 is 5.11 Å². The molecule has 3 heteroatoms. The topological polar surface area (TPSA) is 54.4 Å². The highest BCUT2D eigenvalue weighted by atomic mass is 16.3. The van der Waals surface area contributed by atoms with Crippen molar-refractivity contribution >= 4 is 12.6 Å². The Labute approximate surface area is 95.1 Å². The average Bonchev–Trinajstić information content (AvgIpc) is 2.17. The van der Waals surface area contributed by atoms with Crippen molar-refractivity contribution in [3.8, 4) is 5.75 Å². The largest absolute Gasteiger partial charge is 0.506 e. The summed E-state index contributed by atoms with van der Waals surface area (Å²) in [7, 11) is 0. The minimum Gasteiger partial charge on any atom is -0.506 e. The van der Waals surface area contributed by atoms with E-state index in [4.69, 9.17) is 0 Å². The Morgan fingerprint density at radius 1 is 1.19 bits per heavy atom. The zero-order chi connectivity index (χ0) is 12.5. The van der Waals surface area contributed by atoms with E-state index in [2.05, 4.69) is 0 Å². The van der Waals surface area contributed by atoms with Gasteiger partial charge in [-0.25, -0.2) is 0 Å². The van der Waals surface area contributed by atoms with Crippen LogP contribution in [0, 0.1) is 6.92 Å². The number of aromatic hydroxyl groups is 1. The molecule has 0 amide bonds. The number of rotatable bonds is 2. The molecule has 16 heavy (non-hydrogen) atoms. The fraction of sp³-hybridized carbons (Fsp3) is 0.385. The summed E-state index contributed by atoms with van der Waals surface area (Å²) in [6, 6.07) is 1.64. The highest BCUT2D eigenvalue weighted by molar-refractivity contribution is 5.90. The second-order valence-electron chi connectivity index (χ2n) is 4.89. The summed E-state index contributed by atoms with van der Waals surface area (Å²) in [4.78, 5) is 21.7. The molecule has 1 rings (SSSR count). The van der Waals surface area contributed by atoms with Crippen LogP contribution in [0.3, 0.4) is 0 Å². The summed E-state index contributed by atoms with van der Waals surface area (Å²) in [5.74, 6) is -0.226. The number of carbonyl (C=O) groups is 2. The molecule has 86 valence electrons. The zero-order valence-electron chi connectivity index (χ0n) is 10.00. The van der Waals surface area contributed by atoms with Crippen molar-refractivity contribution in [1.82, 2.24) is 0 Å². The van der Waals surface area contributed by atoms with E-state index >= 15 is 0 Å². The SMILES string of the molecule is Cc1c(C(C)(C)C)cc(C=O)c(O)c1C=O. The number of hydrogen-bond donors (Lipinski definition) is 1. The zero-order valence-corrected chi connectivity index (χ0v) is 10.00. The Morgan fingerprint density at radius 3 is 2.12 bits per heavy atom. The minimum absolute atomic E-state index is 0.164. The van der Waals surface area contributed by atoms with E-state index in [1.807, 2.05) is 20.8 Å². The third-order valence-electron chi connectivity index (χ3n) is 2.69. The Morgan fingerprint density at radius 2 is 1.75 bits per heavy atom. The molecule has 0 unspecified atom stereocenters. The molecule has 0 radical (unpaired) electrons. The molecule has 0 spiro atoms. The summed E-state index contributed by atoms with van der Waals surface area (Å²) >= 11 is 0. The van der Waals surface area contributed by atoms with Crippen LogP contribution in [-0.2, 0) is 5.41 Å². The van der Waals surface area contributed by atoms with Gasteiger partial charge in [-0.1, -0.05) is 20.8 Å². The average molecular weight is 220 g/mol. The summed E-state index contributed by atoms with van der Waals surface area (Å²) in [6.45, 7) is 7.76. The van der Waals surface area contributed by atoms with E-state index in [9.17, 15) is 14.7 Å². The molecule has 0 heterocycles. The lowest BCUT2D eigenvalue weighted by Crippen LogP contribution is -2.15. The third-order valence-corrected chi connectivity index (χ3v) is 2.69. The van der Waals surface area contributed by atoms with E-state index in [0.717, 1.165) is 11.1 Å². The smallest absolute Gasteiger partial charge is 0.154 e. The molecule has 1 aromatic rings. The van der Waals surface area contributed by atoms with E-state index < -0.39 is 0 Å². The molecule has 0 fully saturated rings. The van der Waals surface area contributed by atoms with Crippen LogP contribution in [0.1, 0.15) is 52.6 Å². The maximum Gasteiger partial charge on any atom is 0.154 e. The summed E-state index contributed by atoms with van der Waals surface area (Å²) < 4.78 is 0. The molecule has 0 aliphatic carbocycles. The van der Waals surface area contributed by atoms with Crippen molar-refractivity contribution in [2.24, 2.45) is 0 Å². The van der Waals surface area contributed by atoms with Gasteiger partial charge in [-0.2, -0.15) is 0 Å². The Bertz CT molecular complexity index is 439. The number of phenols is 1. The lowest BCUT2D eigenvalue weighted by atomic mass is 9.81. The first-order chi connectivity index (χ1) is 7.32. The minimum atomic E-state index is -0.226. The van der Waals surface area contributed by atoms with Gasteiger partial charge in [0.05, 0.1) is 11.1 Å². The second kappa shape index (κ2) is 4.08. The number of hydrogen-bond acceptors (Lipinski definition) is 3. The van der Waals surface area contributed by atoms with E-state index in [-0.39, 0.29) is 22.3 Å². The predicted octanol–water partition coefficient (Wildman–Crippen LogP) is 2.62. The van der Waals surface area contributed by atoms with Gasteiger partial charge in [-0.05, 0) is 29.5 Å². The normalized spacial score (nSPS) is 11.2. The molecule has 0 aromatic heterocycles.